The van der Waals surface area contributed by atoms with Crippen molar-refractivity contribution in [2.45, 2.75) is 41.5 Å². The van der Waals surface area contributed by atoms with E-state index in [-0.39, 0.29) is 31.2 Å². The molecule has 10 nitrogen and oxygen atoms in total. The Kier molecular flexibility index (Phi) is 18.6. The molecule has 0 heterocycles. The zero-order valence-corrected chi connectivity index (χ0v) is 21.6. The van der Waals surface area contributed by atoms with E-state index in [0.29, 0.717) is 19.8 Å². The maximum absolute atomic E-state index is 12.2. The lowest BCUT2D eigenvalue weighted by Crippen LogP contribution is -2.20. The number of hydrogen-bond donors (Lipinski definition) is 1. The van der Waals surface area contributed by atoms with Crippen molar-refractivity contribution >= 4 is 26.7 Å². The van der Waals surface area contributed by atoms with E-state index >= 15 is 0 Å². The molecule has 12 heteroatoms. The van der Waals surface area contributed by atoms with Gasteiger partial charge in [0.05, 0.1) is 38.3 Å². The van der Waals surface area contributed by atoms with Gasteiger partial charge in [0.2, 0.25) is 14.7 Å². The van der Waals surface area contributed by atoms with Gasteiger partial charge in [0.1, 0.15) is 12.7 Å². The van der Waals surface area contributed by atoms with Gasteiger partial charge in [-0.15, -0.1) is 0 Å². The molecule has 186 valence electrons. The molecule has 0 aliphatic heterocycles. The third-order valence-corrected chi connectivity index (χ3v) is 8.50. The highest BCUT2D eigenvalue weighted by molar-refractivity contribution is 7.59. The van der Waals surface area contributed by atoms with Crippen LogP contribution in [0.2, 0.25) is 0 Å². The highest BCUT2D eigenvalue weighted by Crippen LogP contribution is 2.48. The van der Waals surface area contributed by atoms with Crippen LogP contribution >= 0.6 is 14.7 Å². The lowest BCUT2D eigenvalue weighted by molar-refractivity contribution is -0.147. The summed E-state index contributed by atoms with van der Waals surface area (Å²) >= 11 is 0. The Morgan fingerprint density at radius 2 is 1.16 bits per heavy atom. The van der Waals surface area contributed by atoms with Crippen molar-refractivity contribution in [3.05, 3.63) is 0 Å². The minimum Gasteiger partial charge on any atom is -0.466 e. The average Bonchev–Trinajstić information content (AvgIpc) is 2.69. The van der Waals surface area contributed by atoms with Crippen LogP contribution in [0.3, 0.4) is 0 Å². The fourth-order valence-corrected chi connectivity index (χ4v) is 6.40. The Balaban J connectivity index is 0. The number of hydrogen-bond acceptors (Lipinski definition) is 10. The lowest BCUT2D eigenvalue weighted by Gasteiger charge is -2.19. The van der Waals surface area contributed by atoms with Crippen molar-refractivity contribution < 1.29 is 47.1 Å². The highest BCUT2D eigenvalue weighted by atomic mass is 31.2. The van der Waals surface area contributed by atoms with Crippen molar-refractivity contribution in [2.24, 2.45) is 11.8 Å². The van der Waals surface area contributed by atoms with Gasteiger partial charge in [-0.05, 0) is 27.7 Å². The quantitative estimate of drug-likeness (QED) is 0.268. The SMILES string of the molecule is CCOC(=O)C(C)CP(=O)(CO)OCC.CCOC(=O)C(C)CP(=O)(COC)OCC. The molecule has 4 unspecified atom stereocenters. The summed E-state index contributed by atoms with van der Waals surface area (Å²) in [6, 6.07) is 0. The second-order valence-corrected chi connectivity index (χ2v) is 11.7. The number of aliphatic hydroxyl groups is 1. The Hall–Kier alpha value is -0.760. The molecule has 0 fully saturated rings. The van der Waals surface area contributed by atoms with Crippen molar-refractivity contribution in [1.82, 2.24) is 0 Å². The van der Waals surface area contributed by atoms with Crippen LogP contribution in [-0.4, -0.2) is 75.6 Å². The molecule has 4 atom stereocenters. The minimum atomic E-state index is -3.08. The number of aliphatic hydroxyl groups excluding tert-OH is 1. The summed E-state index contributed by atoms with van der Waals surface area (Å²) in [5, 5.41) is 8.94. The van der Waals surface area contributed by atoms with Gasteiger partial charge in [-0.25, -0.2) is 0 Å². The highest BCUT2D eigenvalue weighted by Gasteiger charge is 2.30. The lowest BCUT2D eigenvalue weighted by atomic mass is 10.2. The molecule has 0 aromatic rings. The van der Waals surface area contributed by atoms with E-state index in [2.05, 4.69) is 0 Å². The molecule has 0 spiro atoms. The van der Waals surface area contributed by atoms with Gasteiger partial charge in [-0.2, -0.15) is 0 Å². The van der Waals surface area contributed by atoms with E-state index in [1.54, 1.807) is 41.5 Å². The Morgan fingerprint density at radius 1 is 0.774 bits per heavy atom. The van der Waals surface area contributed by atoms with Crippen LogP contribution in [-0.2, 0) is 42.0 Å². The Morgan fingerprint density at radius 3 is 1.48 bits per heavy atom. The predicted molar refractivity (Wildman–Crippen MR) is 119 cm³/mol. The Labute approximate surface area is 186 Å². The summed E-state index contributed by atoms with van der Waals surface area (Å²) in [6.45, 7) is 11.4. The summed E-state index contributed by atoms with van der Waals surface area (Å²) < 4.78 is 48.6. The largest absolute Gasteiger partial charge is 0.466 e. The van der Waals surface area contributed by atoms with E-state index in [0.717, 1.165) is 0 Å². The van der Waals surface area contributed by atoms with Gasteiger partial charge < -0.3 is 28.4 Å². The number of methoxy groups -OCH3 is 1. The van der Waals surface area contributed by atoms with Gasteiger partial charge in [0, 0.05) is 19.4 Å². The normalized spacial score (nSPS) is 16.6. The molecule has 0 rings (SSSR count). The van der Waals surface area contributed by atoms with Gasteiger partial charge in [0.15, 0.2) is 0 Å². The Bertz CT molecular complexity index is 586. The molecule has 31 heavy (non-hydrogen) atoms. The first-order valence-electron chi connectivity index (χ1n) is 10.4. The van der Waals surface area contributed by atoms with Crippen molar-refractivity contribution in [1.29, 1.82) is 0 Å². The second-order valence-electron chi connectivity index (χ2n) is 6.70. The number of carbonyl (C=O) groups is 2. The van der Waals surface area contributed by atoms with Crippen LogP contribution in [0.5, 0.6) is 0 Å². The van der Waals surface area contributed by atoms with Crippen LogP contribution in [0.15, 0.2) is 0 Å². The zero-order chi connectivity index (χ0) is 24.5. The topological polar surface area (TPSA) is 135 Å². The molecule has 0 aromatic heterocycles. The van der Waals surface area contributed by atoms with E-state index in [4.69, 9.17) is 28.4 Å². The average molecular weight is 490 g/mol. The van der Waals surface area contributed by atoms with Gasteiger partial charge >= 0.3 is 11.9 Å². The number of esters is 2. The molecule has 0 aromatic carbocycles. The smallest absolute Gasteiger partial charge is 0.309 e. The first kappa shape index (κ1) is 32.4. The van der Waals surface area contributed by atoms with Crippen molar-refractivity contribution in [2.75, 3.05) is 58.6 Å². The van der Waals surface area contributed by atoms with E-state index < -0.39 is 38.9 Å². The maximum Gasteiger partial charge on any atom is 0.309 e. The van der Waals surface area contributed by atoms with Crippen molar-refractivity contribution in [3.8, 4) is 0 Å². The van der Waals surface area contributed by atoms with Crippen LogP contribution in [0.1, 0.15) is 41.5 Å². The van der Waals surface area contributed by atoms with Gasteiger partial charge in [-0.3, -0.25) is 18.7 Å². The summed E-state index contributed by atoms with van der Waals surface area (Å²) in [4.78, 5) is 22.6. The molecule has 0 amide bonds. The number of carbonyl (C=O) groups excluding carboxylic acids is 2. The monoisotopic (exact) mass is 490 g/mol. The zero-order valence-electron chi connectivity index (χ0n) is 19.8. The molecule has 0 saturated carbocycles. The van der Waals surface area contributed by atoms with Crippen LogP contribution in [0.4, 0.5) is 0 Å². The molecule has 0 aliphatic rings. The van der Waals surface area contributed by atoms with Gasteiger partial charge in [-0.1, -0.05) is 13.8 Å². The molecule has 1 N–H and O–H groups in total. The molecular formula is C19H40O10P2. The second kappa shape index (κ2) is 17.8. The molecular weight excluding hydrogens is 450 g/mol. The molecule has 0 radical (unpaired) electrons. The maximum atomic E-state index is 12.2. The fraction of sp³-hybridized carbons (Fsp3) is 0.895. The summed E-state index contributed by atoms with van der Waals surface area (Å²) in [5.74, 6) is -1.72. The van der Waals surface area contributed by atoms with Crippen LogP contribution < -0.4 is 0 Å². The van der Waals surface area contributed by atoms with Crippen molar-refractivity contribution in [3.63, 3.8) is 0 Å². The number of ether oxygens (including phenoxy) is 3. The summed E-state index contributed by atoms with van der Waals surface area (Å²) in [5.41, 5.74) is 0. The first-order chi connectivity index (χ1) is 14.5. The standard InChI is InChI=1S/C10H21O5P.C9H19O5P/c1-5-14-10(11)9(3)7-16(12,8-13-4)15-6-2;1-4-13-9(11)8(3)6-15(12,7-10)14-5-2/h9H,5-8H2,1-4H3;8,10H,4-7H2,1-3H3. The van der Waals surface area contributed by atoms with E-state index in [1.807, 2.05) is 0 Å². The van der Waals surface area contributed by atoms with E-state index in [9.17, 15) is 18.7 Å². The fourth-order valence-electron chi connectivity index (χ4n) is 2.51. The molecule has 0 aliphatic carbocycles. The molecule has 0 bridgehead atoms. The summed E-state index contributed by atoms with van der Waals surface area (Å²) in [6.07, 6.45) is -0.321. The van der Waals surface area contributed by atoms with Gasteiger partial charge in [0.25, 0.3) is 0 Å². The predicted octanol–water partition coefficient (Wildman–Crippen LogP) is 3.55. The molecule has 0 saturated heterocycles. The van der Waals surface area contributed by atoms with Crippen LogP contribution in [0.25, 0.3) is 0 Å². The first-order valence-corrected chi connectivity index (χ1v) is 14.3. The third-order valence-electron chi connectivity index (χ3n) is 3.75. The number of rotatable bonds is 15. The third kappa shape index (κ3) is 14.8. The minimum absolute atomic E-state index is 0.0240. The summed E-state index contributed by atoms with van der Waals surface area (Å²) in [7, 11) is -4.50. The van der Waals surface area contributed by atoms with E-state index in [1.165, 1.54) is 7.11 Å². The van der Waals surface area contributed by atoms with Crippen LogP contribution in [0, 0.1) is 11.8 Å².